The summed E-state index contributed by atoms with van der Waals surface area (Å²) in [5.74, 6) is -1.01. The fraction of sp³-hybridized carbons (Fsp3) is 0.222. The number of hydrogen-bond donors (Lipinski definition) is 1. The molecule has 2 heterocycles. The fourth-order valence-corrected chi connectivity index (χ4v) is 3.64. The number of amides is 2. The van der Waals surface area contributed by atoms with Crippen molar-refractivity contribution in [2.45, 2.75) is 6.42 Å². The molecule has 1 aromatic carbocycles. The molecular weight excluding hydrogens is 327 g/mol. The molecule has 1 aromatic heterocycles. The molecule has 24 heavy (non-hydrogen) atoms. The van der Waals surface area contributed by atoms with Crippen molar-refractivity contribution in [1.29, 1.82) is 0 Å². The summed E-state index contributed by atoms with van der Waals surface area (Å²) in [4.78, 5) is 26.6. The van der Waals surface area contributed by atoms with E-state index in [1.807, 2.05) is 12.1 Å². The van der Waals surface area contributed by atoms with E-state index in [-0.39, 0.29) is 23.5 Å². The molecule has 1 aliphatic rings. The molecule has 2 amide bonds. The maximum atomic E-state index is 13.8. The lowest BCUT2D eigenvalue weighted by Crippen LogP contribution is -2.30. The highest BCUT2D eigenvalue weighted by molar-refractivity contribution is 7.16. The molecule has 2 N–H and O–H groups in total. The predicted octanol–water partition coefficient (Wildman–Crippen LogP) is 2.90. The van der Waals surface area contributed by atoms with Gasteiger partial charge in [-0.25, -0.2) is 4.39 Å². The Morgan fingerprint density at radius 1 is 1.25 bits per heavy atom. The van der Waals surface area contributed by atoms with Crippen molar-refractivity contribution < 1.29 is 14.0 Å². The van der Waals surface area contributed by atoms with Gasteiger partial charge in [-0.3, -0.25) is 9.59 Å². The average molecular weight is 344 g/mol. The smallest absolute Gasteiger partial charge is 0.246 e. The Hall–Kier alpha value is -2.47. The van der Waals surface area contributed by atoms with Crippen LogP contribution in [-0.4, -0.2) is 29.8 Å². The number of thiophene rings is 1. The third-order valence-electron chi connectivity index (χ3n) is 4.06. The quantitative estimate of drug-likeness (QED) is 0.867. The van der Waals surface area contributed by atoms with Gasteiger partial charge in [0.25, 0.3) is 0 Å². The van der Waals surface area contributed by atoms with Crippen molar-refractivity contribution in [2.24, 2.45) is 11.7 Å². The number of primary amides is 1. The number of halogens is 1. The summed E-state index contributed by atoms with van der Waals surface area (Å²) in [7, 11) is 0. The lowest BCUT2D eigenvalue weighted by molar-refractivity contribution is -0.125. The lowest BCUT2D eigenvalue weighted by Gasteiger charge is -2.12. The highest BCUT2D eigenvalue weighted by atomic mass is 32.1. The second kappa shape index (κ2) is 6.97. The number of benzene rings is 1. The number of nitrogens with two attached hydrogens (primary N) is 1. The van der Waals surface area contributed by atoms with Gasteiger partial charge >= 0.3 is 0 Å². The molecule has 0 saturated carbocycles. The number of likely N-dealkylation sites (tertiary alicyclic amines) is 1. The summed E-state index contributed by atoms with van der Waals surface area (Å²) in [5, 5.41) is 0. The van der Waals surface area contributed by atoms with Crippen LogP contribution in [0.2, 0.25) is 0 Å². The molecule has 0 bridgehead atoms. The minimum absolute atomic E-state index is 0.139. The normalized spacial score (nSPS) is 17.5. The van der Waals surface area contributed by atoms with E-state index in [1.165, 1.54) is 23.5 Å². The highest BCUT2D eigenvalue weighted by Crippen LogP contribution is 2.30. The van der Waals surface area contributed by atoms with Gasteiger partial charge in [0.2, 0.25) is 11.8 Å². The largest absolute Gasteiger partial charge is 0.369 e. The van der Waals surface area contributed by atoms with E-state index in [0.717, 1.165) is 9.75 Å². The van der Waals surface area contributed by atoms with Gasteiger partial charge in [0.15, 0.2) is 0 Å². The van der Waals surface area contributed by atoms with Crippen LogP contribution in [-0.2, 0) is 9.59 Å². The molecule has 0 aliphatic carbocycles. The second-order valence-corrected chi connectivity index (χ2v) is 6.80. The van der Waals surface area contributed by atoms with Crippen molar-refractivity contribution in [3.05, 3.63) is 53.2 Å². The number of rotatable bonds is 4. The standard InChI is InChI=1S/C18H17FN2O2S/c19-15-4-2-1-3-14(15)16-7-5-13(24-16)6-8-17(22)21-10-9-12(11-21)18(20)23/h1-8,12H,9-11H2,(H2,20,23)/b8-6+/t12-/m0/s1. The van der Waals surface area contributed by atoms with Crippen LogP contribution >= 0.6 is 11.3 Å². The molecule has 0 unspecified atom stereocenters. The number of carbonyl (C=O) groups excluding carboxylic acids is 2. The molecule has 4 nitrogen and oxygen atoms in total. The van der Waals surface area contributed by atoms with Gasteiger partial charge in [0.1, 0.15) is 5.82 Å². The summed E-state index contributed by atoms with van der Waals surface area (Å²) in [6, 6.07) is 10.3. The molecule has 0 radical (unpaired) electrons. The Bertz CT molecular complexity index is 800. The SMILES string of the molecule is NC(=O)[C@H]1CCN(C(=O)/C=C/c2ccc(-c3ccccc3F)s2)C1. The van der Waals surface area contributed by atoms with Crippen LogP contribution in [0, 0.1) is 11.7 Å². The Labute approximate surface area is 143 Å². The van der Waals surface area contributed by atoms with E-state index in [2.05, 4.69) is 0 Å². The molecule has 0 spiro atoms. The third kappa shape index (κ3) is 3.54. The van der Waals surface area contributed by atoms with Crippen LogP contribution in [0.25, 0.3) is 16.5 Å². The first-order valence-corrected chi connectivity index (χ1v) is 8.47. The van der Waals surface area contributed by atoms with Crippen LogP contribution in [0.5, 0.6) is 0 Å². The highest BCUT2D eigenvalue weighted by Gasteiger charge is 2.28. The molecule has 2 aromatic rings. The first kappa shape index (κ1) is 16.4. The van der Waals surface area contributed by atoms with E-state index in [0.29, 0.717) is 25.1 Å². The zero-order valence-electron chi connectivity index (χ0n) is 12.9. The molecular formula is C18H17FN2O2S. The summed E-state index contributed by atoms with van der Waals surface area (Å²) < 4.78 is 13.8. The second-order valence-electron chi connectivity index (χ2n) is 5.69. The van der Waals surface area contributed by atoms with Crippen molar-refractivity contribution in [1.82, 2.24) is 4.90 Å². The van der Waals surface area contributed by atoms with Crippen LogP contribution < -0.4 is 5.73 Å². The monoisotopic (exact) mass is 344 g/mol. The molecule has 6 heteroatoms. The van der Waals surface area contributed by atoms with Crippen molar-refractivity contribution >= 4 is 29.2 Å². The first-order chi connectivity index (χ1) is 11.5. The van der Waals surface area contributed by atoms with Crippen molar-refractivity contribution in [3.63, 3.8) is 0 Å². The van der Waals surface area contributed by atoms with E-state index in [1.54, 1.807) is 29.2 Å². The molecule has 1 aliphatic heterocycles. The van der Waals surface area contributed by atoms with Crippen LogP contribution in [0.4, 0.5) is 4.39 Å². The van der Waals surface area contributed by atoms with Crippen molar-refractivity contribution in [2.75, 3.05) is 13.1 Å². The Balaban J connectivity index is 1.67. The number of nitrogens with zero attached hydrogens (tertiary/aromatic N) is 1. The summed E-state index contributed by atoms with van der Waals surface area (Å²) in [6.07, 6.45) is 3.82. The van der Waals surface area contributed by atoms with E-state index < -0.39 is 0 Å². The Morgan fingerprint density at radius 2 is 2.04 bits per heavy atom. The molecule has 1 atom stereocenters. The maximum Gasteiger partial charge on any atom is 0.246 e. The lowest BCUT2D eigenvalue weighted by atomic mass is 10.1. The topological polar surface area (TPSA) is 63.4 Å². The molecule has 3 rings (SSSR count). The van der Waals surface area contributed by atoms with Gasteiger partial charge < -0.3 is 10.6 Å². The van der Waals surface area contributed by atoms with Crippen molar-refractivity contribution in [3.8, 4) is 10.4 Å². The maximum absolute atomic E-state index is 13.8. The van der Waals surface area contributed by atoms with Gasteiger partial charge in [-0.2, -0.15) is 0 Å². The van der Waals surface area contributed by atoms with Gasteiger partial charge in [-0.15, -0.1) is 11.3 Å². The van der Waals surface area contributed by atoms with Crippen LogP contribution in [0.1, 0.15) is 11.3 Å². The van der Waals surface area contributed by atoms with Crippen LogP contribution in [0.3, 0.4) is 0 Å². The third-order valence-corrected chi connectivity index (χ3v) is 5.14. The number of hydrogen-bond acceptors (Lipinski definition) is 3. The summed E-state index contributed by atoms with van der Waals surface area (Å²) >= 11 is 1.42. The van der Waals surface area contributed by atoms with Gasteiger partial charge in [0, 0.05) is 34.5 Å². The molecule has 1 fully saturated rings. The van der Waals surface area contributed by atoms with E-state index in [9.17, 15) is 14.0 Å². The fourth-order valence-electron chi connectivity index (χ4n) is 2.70. The van der Waals surface area contributed by atoms with Gasteiger partial charge in [0.05, 0.1) is 5.92 Å². The van der Waals surface area contributed by atoms with Crippen LogP contribution in [0.15, 0.2) is 42.5 Å². The van der Waals surface area contributed by atoms with E-state index >= 15 is 0 Å². The molecule has 124 valence electrons. The number of carbonyl (C=O) groups is 2. The minimum atomic E-state index is -0.359. The summed E-state index contributed by atoms with van der Waals surface area (Å²) in [5.41, 5.74) is 5.82. The predicted molar refractivity (Wildman–Crippen MR) is 92.6 cm³/mol. The minimum Gasteiger partial charge on any atom is -0.369 e. The first-order valence-electron chi connectivity index (χ1n) is 7.65. The average Bonchev–Trinajstić information content (AvgIpc) is 3.22. The van der Waals surface area contributed by atoms with Gasteiger partial charge in [-0.05, 0) is 30.7 Å². The Morgan fingerprint density at radius 3 is 2.75 bits per heavy atom. The summed E-state index contributed by atoms with van der Waals surface area (Å²) in [6.45, 7) is 0.922. The zero-order valence-corrected chi connectivity index (χ0v) is 13.8. The van der Waals surface area contributed by atoms with Gasteiger partial charge in [-0.1, -0.05) is 18.2 Å². The molecule has 1 saturated heterocycles. The zero-order chi connectivity index (χ0) is 17.1. The van der Waals surface area contributed by atoms with E-state index in [4.69, 9.17) is 5.73 Å². The Kier molecular flexibility index (Phi) is 4.76.